The zero-order valence-corrected chi connectivity index (χ0v) is 18.1. The minimum Gasteiger partial charge on any atom is -0.497 e. The Balaban J connectivity index is 1.41. The standard InChI is InChI=1S/C19H18N6O6S/c1-23-16-15(17(28)24(2)19(23)29)25(9-20-16)7-14(27)31-8-13(26)22-18-21-11-5-4-10(30-3)6-12(11)32-18/h4-6,9H,7-8H2,1-3H3,(H,21,22,26). The molecule has 1 N–H and O–H groups in total. The van der Waals surface area contributed by atoms with Crippen molar-refractivity contribution in [2.75, 3.05) is 19.0 Å². The van der Waals surface area contributed by atoms with E-state index in [2.05, 4.69) is 15.3 Å². The average molecular weight is 458 g/mol. The van der Waals surface area contributed by atoms with Crippen molar-refractivity contribution in [1.29, 1.82) is 0 Å². The number of esters is 1. The summed E-state index contributed by atoms with van der Waals surface area (Å²) >= 11 is 1.26. The van der Waals surface area contributed by atoms with Crippen LogP contribution in [0, 0.1) is 0 Å². The number of anilines is 1. The van der Waals surface area contributed by atoms with Gasteiger partial charge in [0.05, 0.1) is 23.7 Å². The van der Waals surface area contributed by atoms with E-state index >= 15 is 0 Å². The van der Waals surface area contributed by atoms with Crippen LogP contribution in [0.15, 0.2) is 34.1 Å². The number of fused-ring (bicyclic) bond motifs is 2. The molecule has 12 nitrogen and oxygen atoms in total. The molecule has 32 heavy (non-hydrogen) atoms. The fourth-order valence-corrected chi connectivity index (χ4v) is 4.00. The fraction of sp³-hybridized carbons (Fsp3) is 0.263. The molecule has 0 atom stereocenters. The second kappa shape index (κ2) is 8.26. The number of rotatable bonds is 6. The summed E-state index contributed by atoms with van der Waals surface area (Å²) in [5.74, 6) is -0.627. The lowest BCUT2D eigenvalue weighted by Crippen LogP contribution is -2.37. The van der Waals surface area contributed by atoms with Crippen molar-refractivity contribution >= 4 is 49.7 Å². The van der Waals surface area contributed by atoms with Crippen LogP contribution < -0.4 is 21.3 Å². The SMILES string of the molecule is COc1ccc2nc(NC(=O)COC(=O)Cn3cnc4c3c(=O)n(C)c(=O)n4C)sc2c1. The largest absolute Gasteiger partial charge is 0.497 e. The number of carbonyl (C=O) groups excluding carboxylic acids is 2. The highest BCUT2D eigenvalue weighted by Crippen LogP contribution is 2.29. The van der Waals surface area contributed by atoms with Gasteiger partial charge in [0.1, 0.15) is 12.3 Å². The molecule has 0 unspecified atom stereocenters. The number of aromatic nitrogens is 5. The van der Waals surface area contributed by atoms with Gasteiger partial charge in [0.15, 0.2) is 22.9 Å². The summed E-state index contributed by atoms with van der Waals surface area (Å²) in [7, 11) is 4.37. The van der Waals surface area contributed by atoms with E-state index in [0.717, 1.165) is 9.27 Å². The van der Waals surface area contributed by atoms with Crippen LogP contribution in [0.3, 0.4) is 0 Å². The summed E-state index contributed by atoms with van der Waals surface area (Å²) in [5.41, 5.74) is -0.179. The first-order chi connectivity index (χ1) is 15.3. The Morgan fingerprint density at radius 2 is 1.97 bits per heavy atom. The monoisotopic (exact) mass is 458 g/mol. The van der Waals surface area contributed by atoms with Crippen LogP contribution in [-0.2, 0) is 35.0 Å². The lowest BCUT2D eigenvalue weighted by molar-refractivity contribution is -0.147. The van der Waals surface area contributed by atoms with Gasteiger partial charge in [0, 0.05) is 14.1 Å². The molecular weight excluding hydrogens is 440 g/mol. The van der Waals surface area contributed by atoms with Crippen LogP contribution in [-0.4, -0.2) is 49.3 Å². The van der Waals surface area contributed by atoms with Gasteiger partial charge in [-0.3, -0.25) is 28.8 Å². The molecule has 0 bridgehead atoms. The molecule has 0 saturated heterocycles. The number of nitrogens with one attached hydrogen (secondary N) is 1. The molecule has 3 aromatic heterocycles. The Morgan fingerprint density at radius 3 is 2.72 bits per heavy atom. The Hall–Kier alpha value is -4.00. The third-order valence-corrected chi connectivity index (χ3v) is 5.66. The zero-order valence-electron chi connectivity index (χ0n) is 17.3. The van der Waals surface area contributed by atoms with Crippen molar-refractivity contribution in [2.45, 2.75) is 6.54 Å². The highest BCUT2D eigenvalue weighted by Gasteiger charge is 2.17. The number of ether oxygens (including phenoxy) is 2. The molecule has 0 aliphatic carbocycles. The van der Waals surface area contributed by atoms with Crippen molar-refractivity contribution in [3.05, 3.63) is 45.4 Å². The Bertz CT molecular complexity index is 1480. The Labute approximate surface area is 183 Å². The van der Waals surface area contributed by atoms with E-state index in [-0.39, 0.29) is 17.7 Å². The first-order valence-electron chi connectivity index (χ1n) is 9.29. The maximum Gasteiger partial charge on any atom is 0.332 e. The van der Waals surface area contributed by atoms with E-state index in [1.807, 2.05) is 0 Å². The van der Waals surface area contributed by atoms with Crippen molar-refractivity contribution < 1.29 is 19.1 Å². The molecule has 1 amide bonds. The van der Waals surface area contributed by atoms with Crippen LogP contribution in [0.5, 0.6) is 5.75 Å². The number of aryl methyl sites for hydroxylation is 1. The molecular formula is C19H18N6O6S. The number of methoxy groups -OCH3 is 1. The average Bonchev–Trinajstić information content (AvgIpc) is 3.37. The van der Waals surface area contributed by atoms with Gasteiger partial charge in [-0.05, 0) is 18.2 Å². The number of carbonyl (C=O) groups is 2. The molecule has 4 aromatic rings. The third kappa shape index (κ3) is 3.85. The van der Waals surface area contributed by atoms with E-state index in [9.17, 15) is 19.2 Å². The van der Waals surface area contributed by atoms with Crippen LogP contribution in [0.4, 0.5) is 5.13 Å². The van der Waals surface area contributed by atoms with Gasteiger partial charge >= 0.3 is 11.7 Å². The van der Waals surface area contributed by atoms with E-state index in [0.29, 0.717) is 16.4 Å². The van der Waals surface area contributed by atoms with Crippen LogP contribution in [0.1, 0.15) is 0 Å². The van der Waals surface area contributed by atoms with E-state index in [4.69, 9.17) is 9.47 Å². The maximum absolute atomic E-state index is 12.4. The van der Waals surface area contributed by atoms with Crippen molar-refractivity contribution in [3.63, 3.8) is 0 Å². The van der Waals surface area contributed by atoms with Gasteiger partial charge in [-0.1, -0.05) is 11.3 Å². The molecule has 0 radical (unpaired) electrons. The topological polar surface area (TPSA) is 139 Å². The molecule has 0 spiro atoms. The van der Waals surface area contributed by atoms with E-state index in [1.54, 1.807) is 25.3 Å². The Kier molecular flexibility index (Phi) is 5.48. The minimum atomic E-state index is -0.746. The molecule has 0 saturated carbocycles. The maximum atomic E-state index is 12.4. The fourth-order valence-electron chi connectivity index (χ4n) is 3.09. The summed E-state index contributed by atoms with van der Waals surface area (Å²) in [6.07, 6.45) is 1.27. The number of benzene rings is 1. The highest BCUT2D eigenvalue weighted by molar-refractivity contribution is 7.22. The quantitative estimate of drug-likeness (QED) is 0.405. The van der Waals surface area contributed by atoms with Gasteiger partial charge < -0.3 is 14.0 Å². The predicted octanol–water partition coefficient (Wildman–Crippen LogP) is 0.234. The second-order valence-corrected chi connectivity index (χ2v) is 7.84. The smallest absolute Gasteiger partial charge is 0.332 e. The first kappa shape index (κ1) is 21.2. The molecule has 0 aliphatic rings. The van der Waals surface area contributed by atoms with Gasteiger partial charge in [-0.25, -0.2) is 14.8 Å². The summed E-state index contributed by atoms with van der Waals surface area (Å²) < 4.78 is 14.4. The second-order valence-electron chi connectivity index (χ2n) is 6.81. The van der Waals surface area contributed by atoms with E-state index in [1.165, 1.54) is 40.9 Å². The third-order valence-electron chi connectivity index (χ3n) is 4.72. The Morgan fingerprint density at radius 1 is 1.19 bits per heavy atom. The van der Waals surface area contributed by atoms with Crippen LogP contribution >= 0.6 is 11.3 Å². The van der Waals surface area contributed by atoms with Gasteiger partial charge in [0.25, 0.3) is 11.5 Å². The summed E-state index contributed by atoms with van der Waals surface area (Å²) in [4.78, 5) is 57.1. The number of hydrogen-bond acceptors (Lipinski definition) is 9. The number of nitrogens with zero attached hydrogens (tertiary/aromatic N) is 5. The van der Waals surface area contributed by atoms with Gasteiger partial charge in [0.2, 0.25) is 0 Å². The summed E-state index contributed by atoms with van der Waals surface area (Å²) in [6, 6.07) is 5.34. The normalized spacial score (nSPS) is 11.1. The number of imidazole rings is 1. The van der Waals surface area contributed by atoms with Gasteiger partial charge in [-0.2, -0.15) is 0 Å². The van der Waals surface area contributed by atoms with Crippen molar-refractivity contribution in [2.24, 2.45) is 14.1 Å². The first-order valence-corrected chi connectivity index (χ1v) is 10.1. The molecule has 0 aliphatic heterocycles. The zero-order chi connectivity index (χ0) is 23.0. The number of thiazole rings is 1. The van der Waals surface area contributed by atoms with E-state index < -0.39 is 29.7 Å². The van der Waals surface area contributed by atoms with Crippen LogP contribution in [0.2, 0.25) is 0 Å². The van der Waals surface area contributed by atoms with Crippen LogP contribution in [0.25, 0.3) is 21.4 Å². The molecule has 1 aromatic carbocycles. The lowest BCUT2D eigenvalue weighted by Gasteiger charge is -2.07. The molecule has 0 fully saturated rings. The predicted molar refractivity (Wildman–Crippen MR) is 116 cm³/mol. The molecule has 13 heteroatoms. The number of hydrogen-bond donors (Lipinski definition) is 1. The highest BCUT2D eigenvalue weighted by atomic mass is 32.1. The summed E-state index contributed by atoms with van der Waals surface area (Å²) in [5, 5.41) is 2.94. The van der Waals surface area contributed by atoms with Crippen molar-refractivity contribution in [1.82, 2.24) is 23.7 Å². The molecule has 3 heterocycles. The number of amides is 1. The van der Waals surface area contributed by atoms with Crippen molar-refractivity contribution in [3.8, 4) is 5.75 Å². The minimum absolute atomic E-state index is 0.0842. The molecule has 4 rings (SSSR count). The summed E-state index contributed by atoms with van der Waals surface area (Å²) in [6.45, 7) is -0.876. The van der Waals surface area contributed by atoms with Gasteiger partial charge in [-0.15, -0.1) is 0 Å². The lowest BCUT2D eigenvalue weighted by atomic mass is 10.3. The molecule has 166 valence electrons.